The van der Waals surface area contributed by atoms with E-state index >= 15 is 0 Å². The third-order valence-electron chi connectivity index (χ3n) is 3.66. The number of morpholine rings is 1. The highest BCUT2D eigenvalue weighted by atomic mass is 16.8. The van der Waals surface area contributed by atoms with Crippen molar-refractivity contribution in [1.82, 2.24) is 4.90 Å². The molecule has 88 valence electrons. The summed E-state index contributed by atoms with van der Waals surface area (Å²) in [4.78, 5) is 2.51. The van der Waals surface area contributed by atoms with Crippen molar-refractivity contribution in [1.29, 1.82) is 0 Å². The van der Waals surface area contributed by atoms with E-state index in [1.807, 2.05) is 0 Å². The average Bonchev–Trinajstić information content (AvgIpc) is 2.95. The lowest BCUT2D eigenvalue weighted by molar-refractivity contribution is -0.0873. The number of nitrogens with zero attached hydrogens (tertiary/aromatic N) is 1. The van der Waals surface area contributed by atoms with Crippen LogP contribution in [0.2, 0.25) is 0 Å². The van der Waals surface area contributed by atoms with E-state index in [0.29, 0.717) is 18.2 Å². The Bertz CT molecular complexity index is 222. The van der Waals surface area contributed by atoms with Crippen molar-refractivity contribution in [2.75, 3.05) is 0 Å². The summed E-state index contributed by atoms with van der Waals surface area (Å²) in [5.41, 5.74) is 0. The third-order valence-corrected chi connectivity index (χ3v) is 3.66. The molecule has 0 aromatic rings. The fourth-order valence-corrected chi connectivity index (χ4v) is 2.77. The Morgan fingerprint density at radius 1 is 1.27 bits per heavy atom. The summed E-state index contributed by atoms with van der Waals surface area (Å²) in [6, 6.07) is 1.10. The lowest BCUT2D eigenvalue weighted by atomic mass is 10.0. The van der Waals surface area contributed by atoms with Gasteiger partial charge in [-0.15, -0.1) is 0 Å². The number of hydrogen-bond donors (Lipinski definition) is 0. The predicted octanol–water partition coefficient (Wildman–Crippen LogP) is 2.36. The van der Waals surface area contributed by atoms with E-state index in [1.165, 1.54) is 12.8 Å². The zero-order valence-corrected chi connectivity index (χ0v) is 10.3. The molecule has 0 aromatic carbocycles. The Morgan fingerprint density at radius 3 is 2.60 bits per heavy atom. The molecule has 3 heteroatoms. The van der Waals surface area contributed by atoms with Crippen LogP contribution >= 0.6 is 0 Å². The maximum Gasteiger partial charge on any atom is 0.200 e. The van der Waals surface area contributed by atoms with Crippen molar-refractivity contribution < 1.29 is 9.47 Å². The molecule has 0 aliphatic carbocycles. The molecule has 2 fully saturated rings. The summed E-state index contributed by atoms with van der Waals surface area (Å²) in [5, 5.41) is 0. The minimum absolute atomic E-state index is 0.0606. The third kappa shape index (κ3) is 2.05. The molecule has 2 saturated heterocycles. The Kier molecular flexibility index (Phi) is 3.33. The highest BCUT2D eigenvalue weighted by molar-refractivity contribution is 4.93. The summed E-state index contributed by atoms with van der Waals surface area (Å²) in [7, 11) is 0. The molecule has 0 bridgehead atoms. The van der Waals surface area contributed by atoms with Crippen LogP contribution in [0.5, 0.6) is 0 Å². The van der Waals surface area contributed by atoms with Crippen LogP contribution in [0.4, 0.5) is 0 Å². The van der Waals surface area contributed by atoms with Gasteiger partial charge >= 0.3 is 0 Å². The molecule has 0 saturated carbocycles. The molecule has 5 unspecified atom stereocenters. The van der Waals surface area contributed by atoms with Gasteiger partial charge in [0.05, 0.1) is 6.10 Å². The van der Waals surface area contributed by atoms with E-state index in [2.05, 4.69) is 32.6 Å². The van der Waals surface area contributed by atoms with Gasteiger partial charge in [0.25, 0.3) is 0 Å². The monoisotopic (exact) mass is 213 g/mol. The fraction of sp³-hybridized carbons (Fsp3) is 1.00. The van der Waals surface area contributed by atoms with Crippen LogP contribution in [0, 0.1) is 0 Å². The Hall–Kier alpha value is -0.120. The lowest BCUT2D eigenvalue weighted by Crippen LogP contribution is -2.53. The van der Waals surface area contributed by atoms with Gasteiger partial charge in [0, 0.05) is 12.1 Å². The van der Waals surface area contributed by atoms with Gasteiger partial charge in [0.2, 0.25) is 0 Å². The first-order chi connectivity index (χ1) is 7.19. The van der Waals surface area contributed by atoms with Crippen LogP contribution < -0.4 is 0 Å². The number of hydrogen-bond acceptors (Lipinski definition) is 3. The van der Waals surface area contributed by atoms with Crippen molar-refractivity contribution in [2.24, 2.45) is 0 Å². The smallest absolute Gasteiger partial charge is 0.200 e. The molecule has 15 heavy (non-hydrogen) atoms. The molecule has 2 heterocycles. The molecule has 0 spiro atoms. The van der Waals surface area contributed by atoms with Crippen molar-refractivity contribution in [3.63, 3.8) is 0 Å². The highest BCUT2D eigenvalue weighted by Crippen LogP contribution is 2.39. The first-order valence-electron chi connectivity index (χ1n) is 6.27. The second-order valence-corrected chi connectivity index (χ2v) is 4.80. The molecule has 5 atom stereocenters. The van der Waals surface area contributed by atoms with Crippen LogP contribution in [0.1, 0.15) is 47.0 Å². The van der Waals surface area contributed by atoms with Gasteiger partial charge in [-0.25, -0.2) is 0 Å². The number of ether oxygens (including phenoxy) is 2. The zero-order chi connectivity index (χ0) is 11.0. The first-order valence-corrected chi connectivity index (χ1v) is 6.27. The molecule has 2 aliphatic rings. The molecular weight excluding hydrogens is 190 g/mol. The quantitative estimate of drug-likeness (QED) is 0.670. The van der Waals surface area contributed by atoms with Crippen LogP contribution in [-0.2, 0) is 9.47 Å². The lowest BCUT2D eigenvalue weighted by Gasteiger charge is -2.39. The van der Waals surface area contributed by atoms with Gasteiger partial charge in [0.15, 0.2) is 12.5 Å². The maximum absolute atomic E-state index is 5.82. The summed E-state index contributed by atoms with van der Waals surface area (Å²) in [6.07, 6.45) is 4.19. The van der Waals surface area contributed by atoms with Gasteiger partial charge in [-0.2, -0.15) is 0 Å². The van der Waals surface area contributed by atoms with E-state index in [0.717, 1.165) is 6.42 Å². The fourth-order valence-electron chi connectivity index (χ4n) is 2.77. The molecular formula is C12H23NO2. The largest absolute Gasteiger partial charge is 0.344 e. The molecule has 3 nitrogen and oxygen atoms in total. The summed E-state index contributed by atoms with van der Waals surface area (Å²) < 4.78 is 11.4. The molecule has 0 aromatic heterocycles. The second kappa shape index (κ2) is 4.40. The Labute approximate surface area is 92.7 Å². The second-order valence-electron chi connectivity index (χ2n) is 4.80. The first kappa shape index (κ1) is 11.4. The molecule has 2 rings (SSSR count). The van der Waals surface area contributed by atoms with Crippen LogP contribution in [0.25, 0.3) is 0 Å². The predicted molar refractivity (Wildman–Crippen MR) is 59.5 cm³/mol. The average molecular weight is 213 g/mol. The van der Waals surface area contributed by atoms with E-state index < -0.39 is 0 Å². The van der Waals surface area contributed by atoms with Crippen molar-refractivity contribution in [2.45, 2.75) is 77.7 Å². The van der Waals surface area contributed by atoms with E-state index in [1.54, 1.807) is 0 Å². The van der Waals surface area contributed by atoms with Gasteiger partial charge in [-0.1, -0.05) is 20.3 Å². The van der Waals surface area contributed by atoms with E-state index in [-0.39, 0.29) is 12.5 Å². The van der Waals surface area contributed by atoms with Gasteiger partial charge < -0.3 is 9.47 Å². The minimum atomic E-state index is 0.0606. The molecule has 0 amide bonds. The highest BCUT2D eigenvalue weighted by Gasteiger charge is 2.54. The summed E-state index contributed by atoms with van der Waals surface area (Å²) in [6.45, 7) is 8.99. The van der Waals surface area contributed by atoms with Gasteiger partial charge in [-0.05, 0) is 26.7 Å². The van der Waals surface area contributed by atoms with Crippen molar-refractivity contribution >= 4 is 0 Å². The Morgan fingerprint density at radius 2 is 2.00 bits per heavy atom. The summed E-state index contributed by atoms with van der Waals surface area (Å²) in [5.74, 6) is 0. The van der Waals surface area contributed by atoms with Crippen LogP contribution in [0.15, 0.2) is 0 Å². The molecule has 0 radical (unpaired) electrons. The SMILES string of the molecule is CCCC(C)N1C(C)C(CC)OC2OC21. The van der Waals surface area contributed by atoms with Crippen molar-refractivity contribution in [3.05, 3.63) is 0 Å². The molecule has 0 N–H and O–H groups in total. The summed E-state index contributed by atoms with van der Waals surface area (Å²) >= 11 is 0. The number of rotatable bonds is 4. The molecule has 2 aliphatic heterocycles. The number of epoxide rings is 1. The van der Waals surface area contributed by atoms with Gasteiger partial charge in [-0.3, -0.25) is 4.90 Å². The van der Waals surface area contributed by atoms with Crippen LogP contribution in [0.3, 0.4) is 0 Å². The normalized spacial score (nSPS) is 42.4. The van der Waals surface area contributed by atoms with E-state index in [9.17, 15) is 0 Å². The topological polar surface area (TPSA) is 25.0 Å². The Balaban J connectivity index is 2.02. The number of fused-ring (bicyclic) bond motifs is 1. The standard InChI is InChI=1S/C12H23NO2/c1-5-7-8(3)13-9(4)10(6-2)14-12-11(13)15-12/h8-12H,5-7H2,1-4H3. The van der Waals surface area contributed by atoms with Crippen LogP contribution in [-0.4, -0.2) is 35.6 Å². The zero-order valence-electron chi connectivity index (χ0n) is 10.3. The maximum atomic E-state index is 5.82. The van der Waals surface area contributed by atoms with Crippen molar-refractivity contribution in [3.8, 4) is 0 Å². The van der Waals surface area contributed by atoms with Gasteiger partial charge in [0.1, 0.15) is 0 Å². The van der Waals surface area contributed by atoms with E-state index in [4.69, 9.17) is 9.47 Å². The minimum Gasteiger partial charge on any atom is -0.344 e.